The second-order valence-electron chi connectivity index (χ2n) is 5.13. The van der Waals surface area contributed by atoms with Crippen molar-refractivity contribution in [2.75, 3.05) is 13.1 Å². The van der Waals surface area contributed by atoms with Crippen LogP contribution in [0.15, 0.2) is 0 Å². The molecule has 0 spiro atoms. The quantitative estimate of drug-likeness (QED) is 0.593. The first-order chi connectivity index (χ1) is 9.31. The Bertz CT molecular complexity index is 544. The molecule has 2 rings (SSSR count). The fraction of sp³-hybridized carbons (Fsp3) is 0.667. The van der Waals surface area contributed by atoms with E-state index in [1.54, 1.807) is 18.9 Å². The van der Waals surface area contributed by atoms with Gasteiger partial charge in [-0.3, -0.25) is 19.6 Å². The number of aromatic nitrogens is 2. The lowest BCUT2D eigenvalue weighted by Gasteiger charge is -2.34. The van der Waals surface area contributed by atoms with Crippen molar-refractivity contribution >= 4 is 11.6 Å². The molecule has 0 radical (unpaired) electrons. The van der Waals surface area contributed by atoms with Crippen LogP contribution in [-0.2, 0) is 11.8 Å². The van der Waals surface area contributed by atoms with Crippen LogP contribution in [0.3, 0.4) is 0 Å². The molecule has 1 aliphatic rings. The number of hydrogen-bond acceptors (Lipinski definition) is 5. The Morgan fingerprint density at radius 1 is 1.40 bits per heavy atom. The third kappa shape index (κ3) is 2.51. The van der Waals surface area contributed by atoms with Gasteiger partial charge < -0.3 is 9.64 Å². The van der Waals surface area contributed by atoms with E-state index in [0.29, 0.717) is 18.8 Å². The number of rotatable bonds is 2. The fourth-order valence-electron chi connectivity index (χ4n) is 2.45. The Balaban J connectivity index is 2.34. The lowest BCUT2D eigenvalue weighted by Crippen LogP contribution is -2.48. The van der Waals surface area contributed by atoms with Crippen molar-refractivity contribution in [3.05, 3.63) is 21.5 Å². The maximum absolute atomic E-state index is 12.5. The molecule has 0 N–H and O–H groups in total. The normalized spacial score (nSPS) is 22.9. The van der Waals surface area contributed by atoms with Crippen LogP contribution in [0.4, 0.5) is 5.69 Å². The monoisotopic (exact) mass is 282 g/mol. The molecule has 8 nitrogen and oxygen atoms in total. The highest BCUT2D eigenvalue weighted by atomic mass is 16.6. The third-order valence-corrected chi connectivity index (χ3v) is 3.39. The van der Waals surface area contributed by atoms with Crippen molar-refractivity contribution in [1.29, 1.82) is 0 Å². The van der Waals surface area contributed by atoms with Crippen LogP contribution in [0.2, 0.25) is 0 Å². The summed E-state index contributed by atoms with van der Waals surface area (Å²) in [5.41, 5.74) is 0.0494. The second-order valence-corrected chi connectivity index (χ2v) is 5.13. The SMILES string of the molecule is Cc1c([N+](=O)[O-])c(C(=O)N2CC(C)OC(C)C2)nn1C. The van der Waals surface area contributed by atoms with Crippen LogP contribution < -0.4 is 0 Å². The summed E-state index contributed by atoms with van der Waals surface area (Å²) < 4.78 is 6.92. The van der Waals surface area contributed by atoms with Crippen molar-refractivity contribution in [3.63, 3.8) is 0 Å². The van der Waals surface area contributed by atoms with E-state index in [4.69, 9.17) is 4.74 Å². The zero-order valence-corrected chi connectivity index (χ0v) is 12.0. The number of carbonyl (C=O) groups excluding carboxylic acids is 1. The third-order valence-electron chi connectivity index (χ3n) is 3.39. The van der Waals surface area contributed by atoms with E-state index >= 15 is 0 Å². The summed E-state index contributed by atoms with van der Waals surface area (Å²) in [6, 6.07) is 0. The maximum Gasteiger partial charge on any atom is 0.322 e. The molecule has 0 bridgehead atoms. The number of morpholine rings is 1. The van der Waals surface area contributed by atoms with E-state index in [0.717, 1.165) is 0 Å². The lowest BCUT2D eigenvalue weighted by atomic mass is 10.2. The Morgan fingerprint density at radius 2 is 1.95 bits per heavy atom. The summed E-state index contributed by atoms with van der Waals surface area (Å²) in [5.74, 6) is -0.414. The minimum atomic E-state index is -0.553. The summed E-state index contributed by atoms with van der Waals surface area (Å²) in [6.07, 6.45) is -0.182. The van der Waals surface area contributed by atoms with Crippen LogP contribution in [0.5, 0.6) is 0 Å². The van der Waals surface area contributed by atoms with Gasteiger partial charge in [0.15, 0.2) is 0 Å². The zero-order valence-electron chi connectivity index (χ0n) is 12.0. The molecule has 1 fully saturated rings. The summed E-state index contributed by atoms with van der Waals surface area (Å²) in [4.78, 5) is 24.6. The number of carbonyl (C=O) groups is 1. The molecule has 20 heavy (non-hydrogen) atoms. The molecule has 1 amide bonds. The van der Waals surface area contributed by atoms with Crippen molar-refractivity contribution in [3.8, 4) is 0 Å². The zero-order chi connectivity index (χ0) is 15.0. The molecule has 1 aromatic heterocycles. The van der Waals surface area contributed by atoms with Crippen LogP contribution in [-0.4, -0.2) is 50.8 Å². The van der Waals surface area contributed by atoms with Gasteiger partial charge in [0.05, 0.1) is 17.1 Å². The summed E-state index contributed by atoms with van der Waals surface area (Å²) in [6.45, 7) is 6.14. The largest absolute Gasteiger partial charge is 0.372 e. The van der Waals surface area contributed by atoms with Crippen molar-refractivity contribution < 1.29 is 14.5 Å². The minimum Gasteiger partial charge on any atom is -0.372 e. The number of ether oxygens (including phenoxy) is 1. The Kier molecular flexibility index (Phi) is 3.76. The van der Waals surface area contributed by atoms with E-state index in [-0.39, 0.29) is 23.6 Å². The molecule has 2 atom stereocenters. The van der Waals surface area contributed by atoms with Gasteiger partial charge in [-0.1, -0.05) is 0 Å². The minimum absolute atomic E-state index is 0.0911. The van der Waals surface area contributed by atoms with E-state index in [1.807, 2.05) is 13.8 Å². The van der Waals surface area contributed by atoms with E-state index in [2.05, 4.69) is 5.10 Å². The summed E-state index contributed by atoms with van der Waals surface area (Å²) in [7, 11) is 1.59. The molecule has 1 saturated heterocycles. The van der Waals surface area contributed by atoms with Gasteiger partial charge in [0, 0.05) is 20.1 Å². The Hall–Kier alpha value is -1.96. The van der Waals surface area contributed by atoms with Crippen LogP contribution in [0.1, 0.15) is 30.0 Å². The topological polar surface area (TPSA) is 90.5 Å². The summed E-state index contributed by atoms with van der Waals surface area (Å²) >= 11 is 0. The van der Waals surface area contributed by atoms with Crippen LogP contribution >= 0.6 is 0 Å². The Morgan fingerprint density at radius 3 is 2.45 bits per heavy atom. The first-order valence-electron chi connectivity index (χ1n) is 6.44. The number of hydrogen-bond donors (Lipinski definition) is 0. The predicted molar refractivity (Wildman–Crippen MR) is 70.5 cm³/mol. The van der Waals surface area contributed by atoms with E-state index < -0.39 is 10.8 Å². The highest BCUT2D eigenvalue weighted by molar-refractivity contribution is 5.96. The smallest absolute Gasteiger partial charge is 0.322 e. The van der Waals surface area contributed by atoms with Gasteiger partial charge in [0.1, 0.15) is 5.69 Å². The molecule has 0 saturated carbocycles. The second kappa shape index (κ2) is 5.20. The van der Waals surface area contributed by atoms with Crippen LogP contribution in [0.25, 0.3) is 0 Å². The van der Waals surface area contributed by atoms with Gasteiger partial charge in [0.25, 0.3) is 5.91 Å². The Labute approximate surface area is 116 Å². The van der Waals surface area contributed by atoms with Crippen molar-refractivity contribution in [1.82, 2.24) is 14.7 Å². The first-order valence-corrected chi connectivity index (χ1v) is 6.44. The maximum atomic E-state index is 12.5. The van der Waals surface area contributed by atoms with Crippen molar-refractivity contribution in [2.24, 2.45) is 7.05 Å². The van der Waals surface area contributed by atoms with Crippen molar-refractivity contribution in [2.45, 2.75) is 33.0 Å². The van der Waals surface area contributed by atoms with Gasteiger partial charge in [-0.25, -0.2) is 0 Å². The molecule has 8 heteroatoms. The first kappa shape index (κ1) is 14.4. The number of amides is 1. The van der Waals surface area contributed by atoms with E-state index in [1.165, 1.54) is 4.68 Å². The molecule has 0 aliphatic carbocycles. The molecular formula is C12H18N4O4. The number of nitro groups is 1. The molecule has 1 aliphatic heterocycles. The van der Waals surface area contributed by atoms with Gasteiger partial charge in [-0.15, -0.1) is 0 Å². The number of aryl methyl sites for hydroxylation is 1. The number of nitrogens with zero attached hydrogens (tertiary/aromatic N) is 4. The lowest BCUT2D eigenvalue weighted by molar-refractivity contribution is -0.385. The molecular weight excluding hydrogens is 264 g/mol. The van der Waals surface area contributed by atoms with E-state index in [9.17, 15) is 14.9 Å². The molecule has 2 heterocycles. The van der Waals surface area contributed by atoms with Crippen LogP contribution in [0, 0.1) is 17.0 Å². The molecule has 110 valence electrons. The summed E-state index contributed by atoms with van der Waals surface area (Å²) in [5, 5.41) is 15.1. The highest BCUT2D eigenvalue weighted by Gasteiger charge is 2.34. The predicted octanol–water partition coefficient (Wildman–Crippen LogP) is 0.886. The van der Waals surface area contributed by atoms with Gasteiger partial charge in [-0.05, 0) is 20.8 Å². The molecule has 1 aromatic rings. The average molecular weight is 282 g/mol. The van der Waals surface area contributed by atoms with Gasteiger partial charge in [-0.2, -0.15) is 5.10 Å². The molecule has 2 unspecified atom stereocenters. The van der Waals surface area contributed by atoms with Gasteiger partial charge >= 0.3 is 5.69 Å². The van der Waals surface area contributed by atoms with Gasteiger partial charge in [0.2, 0.25) is 5.69 Å². The fourth-order valence-corrected chi connectivity index (χ4v) is 2.45. The standard InChI is InChI=1S/C12H18N4O4/c1-7-5-15(6-8(2)20-7)12(17)10-11(16(18)19)9(3)14(4)13-10/h7-8H,5-6H2,1-4H3. The molecule has 0 aromatic carbocycles. The average Bonchev–Trinajstić information content (AvgIpc) is 2.63. The highest BCUT2D eigenvalue weighted by Crippen LogP contribution is 2.24.